The van der Waals surface area contributed by atoms with Gasteiger partial charge < -0.3 is 14.8 Å². The van der Waals surface area contributed by atoms with Crippen molar-refractivity contribution in [3.63, 3.8) is 0 Å². The molecule has 0 bridgehead atoms. The van der Waals surface area contributed by atoms with Crippen molar-refractivity contribution in [3.8, 4) is 0 Å². The van der Waals surface area contributed by atoms with Crippen LogP contribution < -0.4 is 5.32 Å². The van der Waals surface area contributed by atoms with E-state index in [0.717, 1.165) is 4.57 Å². The van der Waals surface area contributed by atoms with E-state index in [0.29, 0.717) is 12.1 Å². The first-order chi connectivity index (χ1) is 14.5. The molecule has 13 heteroatoms. The molecule has 0 radical (unpaired) electrons. The van der Waals surface area contributed by atoms with Gasteiger partial charge in [0, 0.05) is 38.5 Å². The number of fused-ring (bicyclic) bond motifs is 1. The smallest absolute Gasteiger partial charge is 0.353 e. The van der Waals surface area contributed by atoms with Crippen molar-refractivity contribution in [1.82, 2.24) is 25.0 Å². The van der Waals surface area contributed by atoms with Crippen LogP contribution in [0.2, 0.25) is 0 Å². The highest BCUT2D eigenvalue weighted by Crippen LogP contribution is 2.29. The molecule has 2 heterocycles. The molecule has 0 spiro atoms. The number of carbonyl (C=O) groups is 2. The second-order valence-electron chi connectivity index (χ2n) is 7.07. The van der Waals surface area contributed by atoms with Crippen LogP contribution in [-0.4, -0.2) is 44.1 Å². The molecular formula is C18H17F6N5O2. The van der Waals surface area contributed by atoms with Gasteiger partial charge in [0.1, 0.15) is 5.82 Å². The molecule has 1 aliphatic heterocycles. The Morgan fingerprint density at radius 3 is 2.42 bits per heavy atom. The molecular weight excluding hydrogens is 432 g/mol. The fraction of sp³-hybridized carbons (Fsp3) is 0.444. The number of alkyl halides is 3. The predicted molar refractivity (Wildman–Crippen MR) is 92.7 cm³/mol. The fourth-order valence-electron chi connectivity index (χ4n) is 3.37. The van der Waals surface area contributed by atoms with E-state index < -0.39 is 47.3 Å². The minimum Gasteiger partial charge on any atom is -0.353 e. The van der Waals surface area contributed by atoms with Crippen LogP contribution in [0.1, 0.15) is 30.6 Å². The number of hydrogen-bond donors (Lipinski definition) is 1. The van der Waals surface area contributed by atoms with Crippen molar-refractivity contribution in [2.24, 2.45) is 0 Å². The Morgan fingerprint density at radius 1 is 1.10 bits per heavy atom. The zero-order chi connectivity index (χ0) is 22.9. The zero-order valence-electron chi connectivity index (χ0n) is 16.1. The number of benzene rings is 1. The number of nitrogens with one attached hydrogen (secondary N) is 1. The van der Waals surface area contributed by atoms with Crippen LogP contribution in [0.25, 0.3) is 0 Å². The van der Waals surface area contributed by atoms with Crippen LogP contribution >= 0.6 is 0 Å². The van der Waals surface area contributed by atoms with E-state index >= 15 is 0 Å². The van der Waals surface area contributed by atoms with E-state index in [1.54, 1.807) is 0 Å². The lowest BCUT2D eigenvalue weighted by atomic mass is 10.0. The summed E-state index contributed by atoms with van der Waals surface area (Å²) in [5.74, 6) is -5.95. The first-order valence-corrected chi connectivity index (χ1v) is 9.13. The van der Waals surface area contributed by atoms with Gasteiger partial charge in [-0.05, 0) is 18.1 Å². The minimum atomic E-state index is -4.68. The Kier molecular flexibility index (Phi) is 6.23. The summed E-state index contributed by atoms with van der Waals surface area (Å²) in [4.78, 5) is 25.4. The van der Waals surface area contributed by atoms with Gasteiger partial charge in [0.2, 0.25) is 17.6 Å². The summed E-state index contributed by atoms with van der Waals surface area (Å²) in [6.07, 6.45) is -5.31. The second-order valence-corrected chi connectivity index (χ2v) is 7.07. The Bertz CT molecular complexity index is 1010. The number of rotatable bonds is 5. The lowest BCUT2D eigenvalue weighted by molar-refractivity contribution is -0.148. The standard InChI is InChI=1S/C18H17F6N5O2/c1-9(30)25-11(4-10-5-13(20)14(21)7-12(10)19)6-16(31)28-2-3-29-15(8-28)26-27-17(29)18(22,23)24/h5,7,11H,2-4,6,8H2,1H3,(H,25,30). The molecule has 0 saturated carbocycles. The summed E-state index contributed by atoms with van der Waals surface area (Å²) in [6.45, 7) is 0.708. The Labute approximate surface area is 172 Å². The molecule has 1 N–H and O–H groups in total. The lowest BCUT2D eigenvalue weighted by Crippen LogP contribution is -2.44. The van der Waals surface area contributed by atoms with Crippen LogP contribution in [0.4, 0.5) is 26.3 Å². The SMILES string of the molecule is CC(=O)NC(CC(=O)N1CCn2c(nnc2C(F)(F)F)C1)Cc1cc(F)c(F)cc1F. The van der Waals surface area contributed by atoms with Gasteiger partial charge in [0.05, 0.1) is 6.54 Å². The number of hydrogen-bond acceptors (Lipinski definition) is 4. The molecule has 1 aliphatic rings. The van der Waals surface area contributed by atoms with E-state index in [2.05, 4.69) is 15.5 Å². The van der Waals surface area contributed by atoms with Gasteiger partial charge in [0.15, 0.2) is 17.5 Å². The van der Waals surface area contributed by atoms with E-state index in [-0.39, 0.29) is 43.9 Å². The van der Waals surface area contributed by atoms with Crippen molar-refractivity contribution in [2.45, 2.75) is 45.1 Å². The van der Waals surface area contributed by atoms with Crippen molar-refractivity contribution < 1.29 is 35.9 Å². The Morgan fingerprint density at radius 2 is 1.77 bits per heavy atom. The van der Waals surface area contributed by atoms with Crippen molar-refractivity contribution in [1.29, 1.82) is 0 Å². The molecule has 7 nitrogen and oxygen atoms in total. The highest BCUT2D eigenvalue weighted by molar-refractivity contribution is 5.79. The quantitative estimate of drug-likeness (QED) is 0.561. The first kappa shape index (κ1) is 22.6. The van der Waals surface area contributed by atoms with Crippen LogP contribution in [0, 0.1) is 17.5 Å². The topological polar surface area (TPSA) is 80.1 Å². The number of nitrogens with zero attached hydrogens (tertiary/aromatic N) is 4. The molecule has 31 heavy (non-hydrogen) atoms. The van der Waals surface area contributed by atoms with Gasteiger partial charge in [-0.15, -0.1) is 10.2 Å². The molecule has 0 saturated heterocycles. The number of halogens is 6. The van der Waals surface area contributed by atoms with Crippen LogP contribution in [0.15, 0.2) is 12.1 Å². The van der Waals surface area contributed by atoms with Gasteiger partial charge in [-0.25, -0.2) is 13.2 Å². The number of amides is 2. The van der Waals surface area contributed by atoms with Crippen molar-refractivity contribution in [3.05, 3.63) is 46.8 Å². The molecule has 2 aromatic rings. The molecule has 168 valence electrons. The maximum atomic E-state index is 14.0. The minimum absolute atomic E-state index is 0.0466. The monoisotopic (exact) mass is 449 g/mol. The average molecular weight is 449 g/mol. The van der Waals surface area contributed by atoms with Gasteiger partial charge in [-0.2, -0.15) is 13.2 Å². The normalized spacial score (nSPS) is 14.9. The molecule has 3 rings (SSSR count). The third-order valence-corrected chi connectivity index (χ3v) is 4.74. The highest BCUT2D eigenvalue weighted by Gasteiger charge is 2.40. The van der Waals surface area contributed by atoms with E-state index in [1.807, 2.05) is 0 Å². The fourth-order valence-corrected chi connectivity index (χ4v) is 3.37. The zero-order valence-corrected chi connectivity index (χ0v) is 16.1. The summed E-state index contributed by atoms with van der Waals surface area (Å²) >= 11 is 0. The third-order valence-electron chi connectivity index (χ3n) is 4.74. The van der Waals surface area contributed by atoms with Gasteiger partial charge in [-0.3, -0.25) is 9.59 Å². The lowest BCUT2D eigenvalue weighted by Gasteiger charge is -2.29. The highest BCUT2D eigenvalue weighted by atomic mass is 19.4. The first-order valence-electron chi connectivity index (χ1n) is 9.13. The molecule has 1 aromatic carbocycles. The summed E-state index contributed by atoms with van der Waals surface area (Å²) in [5, 5.41) is 9.06. The number of carbonyl (C=O) groups excluding carboxylic acids is 2. The Balaban J connectivity index is 1.72. The molecule has 2 amide bonds. The summed E-state index contributed by atoms with van der Waals surface area (Å²) in [6, 6.07) is 0.0637. The van der Waals surface area contributed by atoms with Gasteiger partial charge in [0.25, 0.3) is 0 Å². The second kappa shape index (κ2) is 8.55. The average Bonchev–Trinajstić information content (AvgIpc) is 3.09. The maximum Gasteiger partial charge on any atom is 0.451 e. The molecule has 1 atom stereocenters. The van der Waals surface area contributed by atoms with Crippen LogP contribution in [-0.2, 0) is 35.3 Å². The molecule has 0 fully saturated rings. The van der Waals surface area contributed by atoms with E-state index in [1.165, 1.54) is 11.8 Å². The van der Waals surface area contributed by atoms with E-state index in [4.69, 9.17) is 0 Å². The molecule has 1 unspecified atom stereocenters. The Hall–Kier alpha value is -3.12. The third kappa shape index (κ3) is 5.14. The van der Waals surface area contributed by atoms with E-state index in [9.17, 15) is 35.9 Å². The molecule has 0 aliphatic carbocycles. The van der Waals surface area contributed by atoms with Crippen molar-refractivity contribution >= 4 is 11.8 Å². The summed E-state index contributed by atoms with van der Waals surface area (Å²) < 4.78 is 80.2. The maximum absolute atomic E-state index is 14.0. The van der Waals surface area contributed by atoms with Crippen molar-refractivity contribution in [2.75, 3.05) is 6.54 Å². The largest absolute Gasteiger partial charge is 0.451 e. The molecule has 1 aromatic heterocycles. The summed E-state index contributed by atoms with van der Waals surface area (Å²) in [5.41, 5.74) is -0.237. The number of aromatic nitrogens is 3. The predicted octanol–water partition coefficient (Wildman–Crippen LogP) is 2.19. The van der Waals surface area contributed by atoms with Crippen LogP contribution in [0.3, 0.4) is 0 Å². The van der Waals surface area contributed by atoms with Crippen LogP contribution in [0.5, 0.6) is 0 Å². The van der Waals surface area contributed by atoms with Gasteiger partial charge >= 0.3 is 6.18 Å². The van der Waals surface area contributed by atoms with Gasteiger partial charge in [-0.1, -0.05) is 0 Å². The summed E-state index contributed by atoms with van der Waals surface area (Å²) in [7, 11) is 0.